The number of ether oxygens (including phenoxy) is 3. The van der Waals surface area contributed by atoms with Crippen molar-refractivity contribution in [2.24, 2.45) is 0 Å². The number of nitrogens with zero attached hydrogens (tertiary/aromatic N) is 7. The van der Waals surface area contributed by atoms with Crippen LogP contribution in [0.2, 0.25) is 0 Å². The smallest absolute Gasteiger partial charge is 0.410 e. The van der Waals surface area contributed by atoms with Crippen molar-refractivity contribution in [3.63, 3.8) is 0 Å². The zero-order valence-electron chi connectivity index (χ0n) is 25.5. The minimum absolute atomic E-state index is 0.108. The quantitative estimate of drug-likeness (QED) is 0.346. The molecule has 12 heteroatoms. The molecule has 230 valence electrons. The minimum Gasteiger partial charge on any atom is -0.456 e. The van der Waals surface area contributed by atoms with Gasteiger partial charge in [-0.3, -0.25) is 14.8 Å². The molecule has 0 N–H and O–H groups in total. The van der Waals surface area contributed by atoms with E-state index >= 15 is 0 Å². The van der Waals surface area contributed by atoms with E-state index in [0.29, 0.717) is 31.1 Å². The van der Waals surface area contributed by atoms with E-state index in [9.17, 15) is 9.59 Å². The molecule has 0 radical (unpaired) electrons. The highest BCUT2D eigenvalue weighted by Crippen LogP contribution is 2.34. The van der Waals surface area contributed by atoms with Gasteiger partial charge in [-0.2, -0.15) is 9.97 Å². The van der Waals surface area contributed by atoms with Crippen LogP contribution in [0.4, 0.5) is 15.4 Å². The van der Waals surface area contributed by atoms with Crippen molar-refractivity contribution in [3.05, 3.63) is 88.7 Å². The summed E-state index contributed by atoms with van der Waals surface area (Å²) in [5, 5.41) is 0. The van der Waals surface area contributed by atoms with E-state index in [0.717, 1.165) is 16.7 Å². The summed E-state index contributed by atoms with van der Waals surface area (Å²) < 4.78 is 17.4. The van der Waals surface area contributed by atoms with Gasteiger partial charge in [-0.1, -0.05) is 30.3 Å². The fourth-order valence-corrected chi connectivity index (χ4v) is 5.20. The van der Waals surface area contributed by atoms with E-state index in [4.69, 9.17) is 30.8 Å². The maximum Gasteiger partial charge on any atom is 0.410 e. The second-order valence-corrected chi connectivity index (χ2v) is 11.8. The number of piperazine rings is 1. The fraction of sp³-hybridized carbons (Fsp3) is 0.438. The number of amides is 2. The van der Waals surface area contributed by atoms with Crippen LogP contribution in [0.1, 0.15) is 56.2 Å². The number of benzene rings is 1. The minimum atomic E-state index is -0.646. The molecule has 2 aliphatic rings. The highest BCUT2D eigenvalue weighted by molar-refractivity contribution is 5.71. The lowest BCUT2D eigenvalue weighted by Crippen LogP contribution is -2.56. The molecule has 1 saturated heterocycles. The van der Waals surface area contributed by atoms with Crippen LogP contribution in [0.5, 0.6) is 6.01 Å². The van der Waals surface area contributed by atoms with Gasteiger partial charge >= 0.3 is 18.2 Å². The summed E-state index contributed by atoms with van der Waals surface area (Å²) in [5.41, 5.74) is 2.62. The van der Waals surface area contributed by atoms with Crippen LogP contribution in [0.25, 0.3) is 4.85 Å². The molecule has 44 heavy (non-hydrogen) atoms. The van der Waals surface area contributed by atoms with Crippen LogP contribution in [-0.4, -0.2) is 74.8 Å². The molecular formula is C32H37N7O5. The SMILES string of the molecule is [C-]#[N+]C[C@H]1CN(c2nc(O[C@H](C)c3ccncc3)nc3c2CN(C(=O)OC(C)(C)C)C3)CCN1C(=O)OCc1ccccc1. The zero-order valence-corrected chi connectivity index (χ0v) is 25.5. The Morgan fingerprint density at radius 3 is 2.50 bits per heavy atom. The highest BCUT2D eigenvalue weighted by atomic mass is 16.6. The average molecular weight is 600 g/mol. The first kappa shape index (κ1) is 30.5. The fourth-order valence-electron chi connectivity index (χ4n) is 5.20. The Hall–Kier alpha value is -4.92. The summed E-state index contributed by atoms with van der Waals surface area (Å²) in [4.78, 5) is 48.6. The molecule has 5 rings (SSSR count). The van der Waals surface area contributed by atoms with Gasteiger partial charge in [0.15, 0.2) is 0 Å². The van der Waals surface area contributed by atoms with Crippen molar-refractivity contribution in [3.8, 4) is 6.01 Å². The van der Waals surface area contributed by atoms with E-state index in [1.807, 2.05) is 75.1 Å². The summed E-state index contributed by atoms with van der Waals surface area (Å²) in [6, 6.07) is 13.0. The Bertz CT molecular complexity index is 1510. The molecule has 2 amide bonds. The first-order chi connectivity index (χ1) is 21.1. The predicted octanol–water partition coefficient (Wildman–Crippen LogP) is 5.01. The summed E-state index contributed by atoms with van der Waals surface area (Å²) in [6.07, 6.45) is 2.15. The molecular weight excluding hydrogens is 562 g/mol. The molecule has 0 saturated carbocycles. The van der Waals surface area contributed by atoms with Gasteiger partial charge in [0.1, 0.15) is 30.2 Å². The predicted molar refractivity (Wildman–Crippen MR) is 162 cm³/mol. The van der Waals surface area contributed by atoms with Gasteiger partial charge in [0, 0.05) is 37.6 Å². The van der Waals surface area contributed by atoms with Crippen LogP contribution in [-0.2, 0) is 29.2 Å². The van der Waals surface area contributed by atoms with Gasteiger partial charge in [0.25, 0.3) is 0 Å². The van der Waals surface area contributed by atoms with Crippen LogP contribution >= 0.6 is 0 Å². The number of rotatable bonds is 7. The second-order valence-electron chi connectivity index (χ2n) is 11.8. The third-order valence-corrected chi connectivity index (χ3v) is 7.37. The van der Waals surface area contributed by atoms with Crippen molar-refractivity contribution in [1.82, 2.24) is 24.8 Å². The Kier molecular flexibility index (Phi) is 9.13. The van der Waals surface area contributed by atoms with E-state index in [1.54, 1.807) is 22.2 Å². The number of fused-ring (bicyclic) bond motifs is 1. The first-order valence-corrected chi connectivity index (χ1v) is 14.6. The topological polar surface area (TPSA) is 115 Å². The van der Waals surface area contributed by atoms with Crippen LogP contribution in [0.3, 0.4) is 0 Å². The monoisotopic (exact) mass is 599 g/mol. The van der Waals surface area contributed by atoms with Crippen molar-refractivity contribution in [2.75, 3.05) is 31.1 Å². The van der Waals surface area contributed by atoms with E-state index < -0.39 is 23.8 Å². The molecule has 0 unspecified atom stereocenters. The number of carbonyl (C=O) groups excluding carboxylic acids is 2. The number of carbonyl (C=O) groups is 2. The van der Waals surface area contributed by atoms with E-state index in [-0.39, 0.29) is 38.4 Å². The van der Waals surface area contributed by atoms with E-state index in [1.165, 1.54) is 0 Å². The molecule has 0 aliphatic carbocycles. The third-order valence-electron chi connectivity index (χ3n) is 7.37. The lowest BCUT2D eigenvalue weighted by molar-refractivity contribution is 0.0240. The van der Waals surface area contributed by atoms with Crippen molar-refractivity contribution >= 4 is 18.0 Å². The standard InChI is InChI=1S/C32H37N7O5/c1-22(24-11-13-34-14-12-24)43-29-35-27-20-38(30(40)44-32(2,3)4)19-26(27)28(36-29)37-15-16-39(25(18-37)17-33-5)31(41)42-21-23-9-7-6-8-10-23/h6-14,22,25H,15-21H2,1-4H3/t22-,25+/m1/s1. The average Bonchev–Trinajstić information content (AvgIpc) is 3.44. The molecule has 0 spiro atoms. The summed E-state index contributed by atoms with van der Waals surface area (Å²) in [7, 11) is 0. The first-order valence-electron chi connectivity index (χ1n) is 14.6. The molecule has 1 aromatic carbocycles. The summed E-state index contributed by atoms with van der Waals surface area (Å²) in [6.45, 7) is 16.9. The van der Waals surface area contributed by atoms with Crippen molar-refractivity contribution in [1.29, 1.82) is 0 Å². The Morgan fingerprint density at radius 2 is 1.80 bits per heavy atom. The molecule has 2 aromatic heterocycles. The number of pyridine rings is 1. The van der Waals surface area contributed by atoms with Crippen molar-refractivity contribution < 1.29 is 23.8 Å². The Morgan fingerprint density at radius 1 is 1.05 bits per heavy atom. The normalized spacial score (nSPS) is 17.0. The van der Waals surface area contributed by atoms with Crippen LogP contribution < -0.4 is 9.64 Å². The van der Waals surface area contributed by atoms with Gasteiger partial charge in [0.2, 0.25) is 6.54 Å². The lowest BCUT2D eigenvalue weighted by atomic mass is 10.1. The number of aromatic nitrogens is 3. The largest absolute Gasteiger partial charge is 0.456 e. The van der Waals surface area contributed by atoms with Gasteiger partial charge < -0.3 is 24.0 Å². The molecule has 12 nitrogen and oxygen atoms in total. The van der Waals surface area contributed by atoms with Gasteiger partial charge in [0.05, 0.1) is 18.8 Å². The van der Waals surface area contributed by atoms with Gasteiger partial charge in [-0.05, 0) is 51.0 Å². The van der Waals surface area contributed by atoms with Crippen molar-refractivity contribution in [2.45, 2.75) is 65.1 Å². The second kappa shape index (κ2) is 13.2. The lowest BCUT2D eigenvalue weighted by Gasteiger charge is -2.39. The number of hydrogen-bond acceptors (Lipinski definition) is 9. The molecule has 1 fully saturated rings. The molecule has 2 atom stereocenters. The molecule has 3 aromatic rings. The zero-order chi connectivity index (χ0) is 31.3. The molecule has 0 bridgehead atoms. The third kappa shape index (κ3) is 7.34. The maximum absolute atomic E-state index is 13.1. The number of hydrogen-bond donors (Lipinski definition) is 0. The molecule has 4 heterocycles. The Balaban J connectivity index is 1.38. The van der Waals surface area contributed by atoms with Crippen LogP contribution in [0.15, 0.2) is 54.9 Å². The summed E-state index contributed by atoms with van der Waals surface area (Å²) >= 11 is 0. The van der Waals surface area contributed by atoms with E-state index in [2.05, 4.69) is 9.83 Å². The van der Waals surface area contributed by atoms with Gasteiger partial charge in [-0.25, -0.2) is 16.2 Å². The Labute approximate surface area is 257 Å². The molecule has 2 aliphatic heterocycles. The van der Waals surface area contributed by atoms with Crippen LogP contribution in [0, 0.1) is 6.57 Å². The summed E-state index contributed by atoms with van der Waals surface area (Å²) in [5.74, 6) is 0.616. The highest BCUT2D eigenvalue weighted by Gasteiger charge is 2.38. The maximum atomic E-state index is 13.1. The number of anilines is 1. The van der Waals surface area contributed by atoms with Gasteiger partial charge in [-0.15, -0.1) is 0 Å².